The third-order valence-corrected chi connectivity index (χ3v) is 7.19. The van der Waals surface area contributed by atoms with Crippen LogP contribution in [0.3, 0.4) is 0 Å². The number of rotatable bonds is 5. The van der Waals surface area contributed by atoms with Gasteiger partial charge >= 0.3 is 6.36 Å². The van der Waals surface area contributed by atoms with E-state index in [1.165, 1.54) is 22.7 Å². The van der Waals surface area contributed by atoms with Crippen molar-refractivity contribution in [3.63, 3.8) is 0 Å². The molecule has 192 valence electrons. The van der Waals surface area contributed by atoms with Crippen LogP contribution in [-0.4, -0.2) is 71.0 Å². The molecule has 0 atom stereocenters. The Morgan fingerprint density at radius 1 is 1.11 bits per heavy atom. The Bertz CT molecular complexity index is 1270. The van der Waals surface area contributed by atoms with Crippen LogP contribution in [0.25, 0.3) is 17.0 Å². The van der Waals surface area contributed by atoms with Crippen LogP contribution in [-0.2, 0) is 0 Å². The van der Waals surface area contributed by atoms with Crippen LogP contribution >= 0.6 is 0 Å². The molecule has 9 nitrogen and oxygen atoms in total. The fraction of sp³-hybridized carbons (Fsp3) is 0.542. The highest BCUT2D eigenvalue weighted by Gasteiger charge is 2.47. The van der Waals surface area contributed by atoms with Crippen LogP contribution in [0.15, 0.2) is 24.3 Å². The summed E-state index contributed by atoms with van der Waals surface area (Å²) >= 11 is 0. The van der Waals surface area contributed by atoms with Crippen LogP contribution in [0, 0.1) is 11.3 Å². The molecule has 0 amide bonds. The molecule has 1 aliphatic carbocycles. The van der Waals surface area contributed by atoms with Gasteiger partial charge in [-0.25, -0.2) is 0 Å². The number of nitrogens with zero attached hydrogens (tertiary/aromatic N) is 5. The number of halogens is 3. The van der Waals surface area contributed by atoms with Crippen LogP contribution < -0.4 is 19.5 Å². The molecule has 0 unspecified atom stereocenters. The van der Waals surface area contributed by atoms with Gasteiger partial charge in [-0.05, 0) is 63.9 Å². The minimum absolute atomic E-state index is 0.00729. The molecule has 1 saturated heterocycles. The quantitative estimate of drug-likeness (QED) is 0.558. The molecule has 1 spiro atoms. The van der Waals surface area contributed by atoms with Crippen molar-refractivity contribution >= 4 is 11.5 Å². The highest BCUT2D eigenvalue weighted by Crippen LogP contribution is 2.51. The van der Waals surface area contributed by atoms with Crippen LogP contribution in [0.5, 0.6) is 17.2 Å². The molecule has 1 aromatic carbocycles. The number of ether oxygens (including phenoxy) is 3. The number of aromatic nitrogens is 4. The normalized spacial score (nSPS) is 19.9. The SMILES string of the molecule is CN1CCC(CNc2nn3c(-c4cccc(OC(F)(F)F)c4)nnc3c3c2OCC2(CC2)CO3)CC1. The second-order valence-electron chi connectivity index (χ2n) is 10.0. The predicted molar refractivity (Wildman–Crippen MR) is 124 cm³/mol. The van der Waals surface area contributed by atoms with Crippen molar-refractivity contribution in [2.24, 2.45) is 11.3 Å². The average molecular weight is 505 g/mol. The number of fused-ring (bicyclic) bond motifs is 3. The van der Waals surface area contributed by atoms with E-state index in [9.17, 15) is 13.2 Å². The van der Waals surface area contributed by atoms with Gasteiger partial charge in [0, 0.05) is 17.5 Å². The zero-order valence-corrected chi connectivity index (χ0v) is 19.8. The summed E-state index contributed by atoms with van der Waals surface area (Å²) in [7, 11) is 2.13. The average Bonchev–Trinajstić information content (AvgIpc) is 3.54. The largest absolute Gasteiger partial charge is 0.573 e. The van der Waals surface area contributed by atoms with E-state index in [-0.39, 0.29) is 17.0 Å². The van der Waals surface area contributed by atoms with Crippen LogP contribution in [0.4, 0.5) is 19.0 Å². The standard InChI is InChI=1S/C24H27F3N6O3/c1-32-9-5-15(6-10-32)12-28-20-18-19(35-14-23(7-8-23)13-34-18)22-30-29-21(33(22)31-20)16-3-2-4-17(11-16)36-24(25,26)27/h2-4,11,15H,5-10,12-14H2,1H3,(H,28,31). The fourth-order valence-corrected chi connectivity index (χ4v) is 4.73. The molecule has 0 bridgehead atoms. The van der Waals surface area contributed by atoms with E-state index in [0.717, 1.165) is 45.3 Å². The number of alkyl halides is 3. The maximum Gasteiger partial charge on any atom is 0.573 e. The zero-order valence-electron chi connectivity index (χ0n) is 19.8. The van der Waals surface area contributed by atoms with Crippen molar-refractivity contribution in [2.45, 2.75) is 32.0 Å². The first-order valence-corrected chi connectivity index (χ1v) is 12.1. The first-order chi connectivity index (χ1) is 17.3. The van der Waals surface area contributed by atoms with E-state index in [1.54, 1.807) is 6.07 Å². The molecule has 2 fully saturated rings. The van der Waals surface area contributed by atoms with Crippen molar-refractivity contribution in [3.05, 3.63) is 24.3 Å². The maximum absolute atomic E-state index is 12.8. The Morgan fingerprint density at radius 3 is 2.58 bits per heavy atom. The summed E-state index contributed by atoms with van der Waals surface area (Å²) in [5.74, 6) is 1.89. The second kappa shape index (κ2) is 8.68. The van der Waals surface area contributed by atoms with Gasteiger partial charge in [0.05, 0.1) is 13.2 Å². The van der Waals surface area contributed by atoms with Gasteiger partial charge in [-0.1, -0.05) is 12.1 Å². The van der Waals surface area contributed by atoms with E-state index in [2.05, 4.69) is 32.2 Å². The lowest BCUT2D eigenvalue weighted by atomic mass is 9.97. The zero-order chi connectivity index (χ0) is 24.9. The molecular weight excluding hydrogens is 477 g/mol. The first-order valence-electron chi connectivity index (χ1n) is 12.1. The molecule has 0 radical (unpaired) electrons. The van der Waals surface area contributed by atoms with Gasteiger partial charge in [0.2, 0.25) is 17.1 Å². The Hall–Kier alpha value is -3.28. The van der Waals surface area contributed by atoms with Crippen molar-refractivity contribution < 1.29 is 27.4 Å². The summed E-state index contributed by atoms with van der Waals surface area (Å²) in [6.07, 6.45) is -0.563. The second-order valence-corrected chi connectivity index (χ2v) is 10.0. The summed E-state index contributed by atoms with van der Waals surface area (Å²) in [5, 5.41) is 16.7. The molecule has 4 heterocycles. The Kier molecular flexibility index (Phi) is 5.58. The monoisotopic (exact) mass is 504 g/mol. The lowest BCUT2D eigenvalue weighted by molar-refractivity contribution is -0.274. The van der Waals surface area contributed by atoms with E-state index < -0.39 is 6.36 Å². The summed E-state index contributed by atoms with van der Waals surface area (Å²) in [5.41, 5.74) is 0.740. The van der Waals surface area contributed by atoms with Gasteiger partial charge in [0.25, 0.3) is 0 Å². The molecule has 12 heteroatoms. The fourth-order valence-electron chi connectivity index (χ4n) is 4.73. The van der Waals surface area contributed by atoms with Crippen molar-refractivity contribution in [3.8, 4) is 28.6 Å². The van der Waals surface area contributed by atoms with Gasteiger partial charge in [0.1, 0.15) is 5.75 Å². The smallest absolute Gasteiger partial charge is 0.486 e. The molecule has 3 aromatic rings. The Morgan fingerprint density at radius 2 is 1.86 bits per heavy atom. The van der Waals surface area contributed by atoms with Crippen LogP contribution in [0.1, 0.15) is 25.7 Å². The summed E-state index contributed by atoms with van der Waals surface area (Å²) in [4.78, 5) is 2.32. The third kappa shape index (κ3) is 4.61. The first kappa shape index (κ1) is 23.1. The van der Waals surface area contributed by atoms with Gasteiger partial charge in [-0.15, -0.1) is 28.5 Å². The number of anilines is 1. The molecular formula is C24H27F3N6O3. The minimum Gasteiger partial charge on any atom is -0.486 e. The summed E-state index contributed by atoms with van der Waals surface area (Å²) < 4.78 is 56.3. The molecule has 6 rings (SSSR count). The molecule has 1 saturated carbocycles. The number of hydrogen-bond donors (Lipinski definition) is 1. The van der Waals surface area contributed by atoms with E-state index in [4.69, 9.17) is 14.6 Å². The Labute approximate surface area is 205 Å². The van der Waals surface area contributed by atoms with Gasteiger partial charge in [-0.3, -0.25) is 0 Å². The van der Waals surface area contributed by atoms with Gasteiger partial charge in [0.15, 0.2) is 11.6 Å². The lowest BCUT2D eigenvalue weighted by Crippen LogP contribution is -2.33. The summed E-state index contributed by atoms with van der Waals surface area (Å²) in [6, 6.07) is 5.60. The van der Waals surface area contributed by atoms with Crippen molar-refractivity contribution in [1.29, 1.82) is 0 Å². The molecule has 1 N–H and O–H groups in total. The highest BCUT2D eigenvalue weighted by atomic mass is 19.4. The number of piperidine rings is 1. The van der Waals surface area contributed by atoms with E-state index >= 15 is 0 Å². The van der Waals surface area contributed by atoms with Gasteiger partial charge in [-0.2, -0.15) is 4.52 Å². The molecule has 3 aliphatic rings. The third-order valence-electron chi connectivity index (χ3n) is 7.19. The minimum atomic E-state index is -4.80. The number of hydrogen-bond acceptors (Lipinski definition) is 8. The summed E-state index contributed by atoms with van der Waals surface area (Å²) in [6.45, 7) is 3.86. The highest BCUT2D eigenvalue weighted by molar-refractivity contribution is 5.72. The van der Waals surface area contributed by atoms with Crippen molar-refractivity contribution in [2.75, 3.05) is 45.2 Å². The topological polar surface area (TPSA) is 86.0 Å². The van der Waals surface area contributed by atoms with E-state index in [1.807, 2.05) is 0 Å². The van der Waals surface area contributed by atoms with Gasteiger partial charge < -0.3 is 24.4 Å². The maximum atomic E-state index is 12.8. The molecule has 2 aliphatic heterocycles. The van der Waals surface area contributed by atoms with Crippen LogP contribution in [0.2, 0.25) is 0 Å². The number of nitrogens with one attached hydrogen (secondary N) is 1. The van der Waals surface area contributed by atoms with Crippen molar-refractivity contribution in [1.82, 2.24) is 24.7 Å². The Balaban J connectivity index is 1.37. The number of likely N-dealkylation sites (tertiary alicyclic amines) is 1. The molecule has 36 heavy (non-hydrogen) atoms. The lowest BCUT2D eigenvalue weighted by Gasteiger charge is -2.29. The molecule has 2 aromatic heterocycles. The number of benzene rings is 1. The predicted octanol–water partition coefficient (Wildman–Crippen LogP) is 4.00. The van der Waals surface area contributed by atoms with E-state index in [0.29, 0.717) is 47.7 Å².